The van der Waals surface area contributed by atoms with E-state index in [1.54, 1.807) is 17.5 Å². The first-order chi connectivity index (χ1) is 12.8. The molecule has 0 aliphatic carbocycles. The van der Waals surface area contributed by atoms with Crippen LogP contribution < -0.4 is 14.8 Å². The number of aromatic nitrogens is 3. The van der Waals surface area contributed by atoms with Gasteiger partial charge in [0.15, 0.2) is 16.6 Å². The molecule has 4 heterocycles. The fourth-order valence-electron chi connectivity index (χ4n) is 2.55. The number of rotatable bonds is 4. The maximum atomic E-state index is 5.40. The van der Waals surface area contributed by atoms with Crippen LogP contribution in [0, 0.1) is 0 Å². The van der Waals surface area contributed by atoms with Gasteiger partial charge in [-0.15, -0.1) is 22.7 Å². The van der Waals surface area contributed by atoms with Crippen LogP contribution >= 0.6 is 22.7 Å². The van der Waals surface area contributed by atoms with Gasteiger partial charge in [0.05, 0.1) is 5.69 Å². The van der Waals surface area contributed by atoms with Crippen LogP contribution in [-0.4, -0.2) is 21.7 Å². The van der Waals surface area contributed by atoms with Gasteiger partial charge in [0, 0.05) is 28.7 Å². The Morgan fingerprint density at radius 1 is 0.885 bits per heavy atom. The predicted molar refractivity (Wildman–Crippen MR) is 102 cm³/mol. The predicted octanol–water partition coefficient (Wildman–Crippen LogP) is 4.80. The summed E-state index contributed by atoms with van der Waals surface area (Å²) in [5, 5.41) is 8.97. The Bertz CT molecular complexity index is 1060. The van der Waals surface area contributed by atoms with E-state index in [0.717, 1.165) is 44.4 Å². The summed E-state index contributed by atoms with van der Waals surface area (Å²) in [5.41, 5.74) is 3.49. The summed E-state index contributed by atoms with van der Waals surface area (Å²) in [4.78, 5) is 13.6. The molecule has 0 amide bonds. The van der Waals surface area contributed by atoms with E-state index < -0.39 is 0 Å². The number of thiazole rings is 2. The van der Waals surface area contributed by atoms with E-state index in [1.165, 1.54) is 11.3 Å². The van der Waals surface area contributed by atoms with Crippen molar-refractivity contribution in [1.29, 1.82) is 0 Å². The molecular weight excluding hydrogens is 368 g/mol. The summed E-state index contributed by atoms with van der Waals surface area (Å²) in [7, 11) is 0. The number of fused-ring (bicyclic) bond motifs is 1. The summed E-state index contributed by atoms with van der Waals surface area (Å²) in [6, 6.07) is 11.5. The van der Waals surface area contributed by atoms with E-state index in [0.29, 0.717) is 0 Å². The number of nitrogens with one attached hydrogen (secondary N) is 1. The first-order valence-electron chi connectivity index (χ1n) is 7.85. The fraction of sp³-hybridized carbons (Fsp3) is 0.0556. The number of pyridine rings is 1. The van der Waals surface area contributed by atoms with Crippen LogP contribution in [0.1, 0.15) is 0 Å². The Hall–Kier alpha value is -2.97. The zero-order valence-corrected chi connectivity index (χ0v) is 15.0. The molecule has 1 N–H and O–H groups in total. The van der Waals surface area contributed by atoms with Gasteiger partial charge in [0.25, 0.3) is 0 Å². The smallest absolute Gasteiger partial charge is 0.231 e. The molecule has 128 valence electrons. The Labute approximate surface area is 157 Å². The summed E-state index contributed by atoms with van der Waals surface area (Å²) >= 11 is 3.10. The lowest BCUT2D eigenvalue weighted by molar-refractivity contribution is 0.174. The molecule has 0 spiro atoms. The van der Waals surface area contributed by atoms with Crippen molar-refractivity contribution < 1.29 is 9.47 Å². The minimum absolute atomic E-state index is 0.267. The van der Waals surface area contributed by atoms with Gasteiger partial charge in [-0.2, -0.15) is 0 Å². The molecule has 0 saturated heterocycles. The summed E-state index contributed by atoms with van der Waals surface area (Å²) < 4.78 is 10.7. The van der Waals surface area contributed by atoms with Crippen molar-refractivity contribution in [2.75, 3.05) is 12.1 Å². The highest BCUT2D eigenvalue weighted by Crippen LogP contribution is 2.36. The van der Waals surface area contributed by atoms with E-state index in [4.69, 9.17) is 9.47 Å². The van der Waals surface area contributed by atoms with Crippen LogP contribution in [0.15, 0.2) is 53.4 Å². The van der Waals surface area contributed by atoms with Crippen LogP contribution in [0.25, 0.3) is 22.1 Å². The van der Waals surface area contributed by atoms with Crippen LogP contribution in [0.3, 0.4) is 0 Å². The molecule has 6 nitrogen and oxygen atoms in total. The van der Waals surface area contributed by atoms with Gasteiger partial charge in [-0.1, -0.05) is 6.07 Å². The van der Waals surface area contributed by atoms with Crippen molar-refractivity contribution in [2.45, 2.75) is 0 Å². The number of benzene rings is 1. The zero-order valence-electron chi connectivity index (χ0n) is 13.4. The monoisotopic (exact) mass is 380 g/mol. The van der Waals surface area contributed by atoms with Crippen LogP contribution in [-0.2, 0) is 0 Å². The van der Waals surface area contributed by atoms with Gasteiger partial charge >= 0.3 is 0 Å². The van der Waals surface area contributed by atoms with Crippen molar-refractivity contribution in [3.05, 3.63) is 53.4 Å². The van der Waals surface area contributed by atoms with E-state index in [-0.39, 0.29) is 6.79 Å². The normalized spacial score (nSPS) is 12.3. The molecule has 0 atom stereocenters. The zero-order chi connectivity index (χ0) is 17.3. The molecule has 1 aliphatic rings. The molecule has 1 aliphatic heterocycles. The molecule has 4 aromatic rings. The molecule has 0 radical (unpaired) electrons. The Kier molecular flexibility index (Phi) is 3.76. The highest BCUT2D eigenvalue weighted by Gasteiger charge is 2.15. The maximum Gasteiger partial charge on any atom is 0.231 e. The Balaban J connectivity index is 1.36. The maximum absolute atomic E-state index is 5.40. The second-order valence-electron chi connectivity index (χ2n) is 5.48. The van der Waals surface area contributed by atoms with Crippen molar-refractivity contribution in [1.82, 2.24) is 15.0 Å². The number of nitrogens with zero attached hydrogens (tertiary/aromatic N) is 3. The van der Waals surface area contributed by atoms with Crippen LogP contribution in [0.2, 0.25) is 0 Å². The minimum Gasteiger partial charge on any atom is -0.454 e. The largest absolute Gasteiger partial charge is 0.454 e. The number of ether oxygens (including phenoxy) is 2. The molecule has 5 rings (SSSR count). The van der Waals surface area contributed by atoms with E-state index in [9.17, 15) is 0 Å². The molecule has 3 aromatic heterocycles. The molecule has 26 heavy (non-hydrogen) atoms. The third kappa shape index (κ3) is 2.89. The highest BCUT2D eigenvalue weighted by molar-refractivity contribution is 7.15. The standard InChI is InChI=1S/C18H12N4O2S2/c1-2-6-19-12(3-1)13-8-25-17(21-13)14-9-26-18(22-14)20-11-4-5-15-16(7-11)24-10-23-15/h1-9H,10H2,(H,20,22). The van der Waals surface area contributed by atoms with Crippen molar-refractivity contribution in [3.63, 3.8) is 0 Å². The van der Waals surface area contributed by atoms with Crippen molar-refractivity contribution >= 4 is 33.5 Å². The molecule has 1 aromatic carbocycles. The summed E-state index contributed by atoms with van der Waals surface area (Å²) in [6.45, 7) is 0.267. The van der Waals surface area contributed by atoms with Gasteiger partial charge < -0.3 is 14.8 Å². The number of hydrogen-bond donors (Lipinski definition) is 1. The van der Waals surface area contributed by atoms with Crippen LogP contribution in [0.5, 0.6) is 11.5 Å². The SMILES string of the molecule is c1ccc(-c2csc(-c3csc(Nc4ccc5c(c4)OCO5)n3)n2)nc1. The lowest BCUT2D eigenvalue weighted by Gasteiger charge is -2.03. The Morgan fingerprint density at radius 2 is 1.81 bits per heavy atom. The quantitative estimate of drug-likeness (QED) is 0.548. The van der Waals surface area contributed by atoms with Crippen molar-refractivity contribution in [2.24, 2.45) is 0 Å². The molecule has 0 unspecified atom stereocenters. The lowest BCUT2D eigenvalue weighted by Crippen LogP contribution is -1.93. The topological polar surface area (TPSA) is 69.2 Å². The molecule has 0 bridgehead atoms. The van der Waals surface area contributed by atoms with Gasteiger partial charge in [-0.3, -0.25) is 4.98 Å². The van der Waals surface area contributed by atoms with Gasteiger partial charge in [0.2, 0.25) is 6.79 Å². The molecule has 8 heteroatoms. The lowest BCUT2D eigenvalue weighted by atomic mass is 10.3. The average Bonchev–Trinajstić information content (AvgIpc) is 3.42. The summed E-state index contributed by atoms with van der Waals surface area (Å²) in [5.74, 6) is 1.51. The van der Waals surface area contributed by atoms with Crippen LogP contribution in [0.4, 0.5) is 10.8 Å². The average molecular weight is 380 g/mol. The van der Waals surface area contributed by atoms with E-state index >= 15 is 0 Å². The van der Waals surface area contributed by atoms with E-state index in [2.05, 4.69) is 20.3 Å². The number of anilines is 2. The van der Waals surface area contributed by atoms with E-state index in [1.807, 2.05) is 47.2 Å². The van der Waals surface area contributed by atoms with Gasteiger partial charge in [-0.25, -0.2) is 9.97 Å². The first kappa shape index (κ1) is 15.3. The first-order valence-corrected chi connectivity index (χ1v) is 9.60. The minimum atomic E-state index is 0.267. The second-order valence-corrected chi connectivity index (χ2v) is 7.20. The third-order valence-electron chi connectivity index (χ3n) is 3.78. The molecule has 0 saturated carbocycles. The van der Waals surface area contributed by atoms with Gasteiger partial charge in [0.1, 0.15) is 16.4 Å². The summed E-state index contributed by atoms with van der Waals surface area (Å²) in [6.07, 6.45) is 1.77. The van der Waals surface area contributed by atoms with Gasteiger partial charge in [-0.05, 0) is 24.3 Å². The number of hydrogen-bond acceptors (Lipinski definition) is 8. The third-order valence-corrected chi connectivity index (χ3v) is 5.40. The van der Waals surface area contributed by atoms with Crippen molar-refractivity contribution in [3.8, 4) is 33.6 Å². The second kappa shape index (κ2) is 6.40. The fourth-order valence-corrected chi connectivity index (χ4v) is 4.11. The molecular formula is C18H12N4O2S2. The Morgan fingerprint density at radius 3 is 2.73 bits per heavy atom. The molecule has 0 fully saturated rings. The highest BCUT2D eigenvalue weighted by atomic mass is 32.1.